The molecule has 0 aliphatic carbocycles. The standard InChI is InChI=1S/C49H69N17O10/c1-26-10-3-4-11-28(26)22-36-46(75)62-34(16-9-21-58-49(54)55)43(72)64-37(23-29-25-59-31-13-6-5-12-30(29)31)45(74)61-32(41(51)70)14-7-19-56-40(69)18-17-35(44(73)66-38(24-39(50)68)47(76)65-36)63-42(71)33(60-27(2)67)15-8-20-57-48(52)53/h3-6,10-13,17,25,32-34,36-38,59H,7-9,14-16,18-24H2,1-2H3,(H2,50,68)(H2,51,70)(H,56,69)(H,60,67)(H,61,74)(H,62,75)(H,63,71)(H,64,72)(H,65,76)(H,66,73)(H4,52,53,57)(H4,54,55,58)/b35-17-/t32-,33-,34-,36+,37-,38-/m0/s1. The zero-order chi connectivity index (χ0) is 55.9. The minimum atomic E-state index is -1.82. The van der Waals surface area contributed by atoms with Gasteiger partial charge in [-0.1, -0.05) is 42.5 Å². The van der Waals surface area contributed by atoms with Crippen molar-refractivity contribution < 1.29 is 47.9 Å². The van der Waals surface area contributed by atoms with Gasteiger partial charge in [-0.2, -0.15) is 0 Å². The molecular weight excluding hydrogens is 987 g/mol. The van der Waals surface area contributed by atoms with Crippen LogP contribution in [0.3, 0.4) is 0 Å². The van der Waals surface area contributed by atoms with Gasteiger partial charge in [0.05, 0.1) is 6.42 Å². The van der Waals surface area contributed by atoms with E-state index in [1.165, 1.54) is 0 Å². The molecule has 2 aromatic carbocycles. The van der Waals surface area contributed by atoms with Gasteiger partial charge in [-0.05, 0) is 74.3 Å². The lowest BCUT2D eigenvalue weighted by Crippen LogP contribution is -2.60. The molecule has 0 unspecified atom stereocenters. The highest BCUT2D eigenvalue weighted by Crippen LogP contribution is 2.20. The number of nitrogens with two attached hydrogens (primary N) is 6. The highest BCUT2D eigenvalue weighted by atomic mass is 16.2. The van der Waals surface area contributed by atoms with Crippen molar-refractivity contribution in [1.82, 2.24) is 47.5 Å². The van der Waals surface area contributed by atoms with E-state index in [9.17, 15) is 47.9 Å². The molecule has 3 aromatic rings. The van der Waals surface area contributed by atoms with E-state index >= 15 is 0 Å². The molecule has 0 fully saturated rings. The molecular formula is C49H69N17O10. The van der Waals surface area contributed by atoms with Gasteiger partial charge in [-0.25, -0.2) is 0 Å². The maximum absolute atomic E-state index is 14.7. The summed E-state index contributed by atoms with van der Waals surface area (Å²) >= 11 is 0. The van der Waals surface area contributed by atoms with Crippen molar-refractivity contribution in [2.24, 2.45) is 44.4 Å². The van der Waals surface area contributed by atoms with Gasteiger partial charge in [-0.15, -0.1) is 0 Å². The Hall–Kier alpha value is -9.04. The van der Waals surface area contributed by atoms with Gasteiger partial charge in [0.25, 0.3) is 5.91 Å². The third-order valence-corrected chi connectivity index (χ3v) is 11.9. The van der Waals surface area contributed by atoms with Gasteiger partial charge in [0.15, 0.2) is 11.9 Å². The van der Waals surface area contributed by atoms with E-state index < -0.39 is 114 Å². The molecule has 6 atom stereocenters. The molecule has 0 spiro atoms. The highest BCUT2D eigenvalue weighted by Gasteiger charge is 2.34. The van der Waals surface area contributed by atoms with Crippen LogP contribution in [0.5, 0.6) is 0 Å². The second-order valence-electron chi connectivity index (χ2n) is 18.0. The second kappa shape index (κ2) is 29.6. The summed E-state index contributed by atoms with van der Waals surface area (Å²) in [5.74, 6) is -9.55. The number of hydrogen-bond donors (Lipinski definition) is 15. The number of benzene rings is 2. The van der Waals surface area contributed by atoms with Crippen molar-refractivity contribution in [2.75, 3.05) is 19.6 Å². The minimum absolute atomic E-state index is 0.0179. The number of aromatic amines is 1. The third kappa shape index (κ3) is 19.8. The van der Waals surface area contributed by atoms with Gasteiger partial charge >= 0.3 is 0 Å². The molecule has 0 radical (unpaired) electrons. The van der Waals surface area contributed by atoms with Crippen molar-refractivity contribution in [1.29, 1.82) is 0 Å². The van der Waals surface area contributed by atoms with E-state index in [0.29, 0.717) is 16.7 Å². The maximum atomic E-state index is 14.7. The number of hydrogen-bond acceptors (Lipinski definition) is 12. The van der Waals surface area contributed by atoms with Crippen molar-refractivity contribution in [2.45, 2.75) is 114 Å². The monoisotopic (exact) mass is 1060 g/mol. The van der Waals surface area contributed by atoms with Crippen LogP contribution in [0.4, 0.5) is 0 Å². The molecule has 410 valence electrons. The number of para-hydroxylation sites is 1. The van der Waals surface area contributed by atoms with Crippen LogP contribution in [0.1, 0.15) is 75.0 Å². The molecule has 1 aliphatic rings. The summed E-state index contributed by atoms with van der Waals surface area (Å²) in [5, 5.41) is 21.2. The fourth-order valence-corrected chi connectivity index (χ4v) is 8.03. The summed E-state index contributed by atoms with van der Waals surface area (Å²) in [6, 6.07) is 5.39. The normalized spacial score (nSPS) is 20.6. The average molecular weight is 1060 g/mol. The van der Waals surface area contributed by atoms with E-state index in [0.717, 1.165) is 23.9 Å². The number of nitrogens with one attached hydrogen (secondary N) is 9. The number of fused-ring (bicyclic) bond motifs is 1. The predicted molar refractivity (Wildman–Crippen MR) is 280 cm³/mol. The van der Waals surface area contributed by atoms with Gasteiger partial charge in [0.1, 0.15) is 41.9 Å². The number of guanidine groups is 2. The molecule has 0 saturated heterocycles. The van der Waals surface area contributed by atoms with Crippen LogP contribution in [0, 0.1) is 6.92 Å². The maximum Gasteiger partial charge on any atom is 0.268 e. The zero-order valence-corrected chi connectivity index (χ0v) is 42.4. The van der Waals surface area contributed by atoms with Crippen LogP contribution >= 0.6 is 0 Å². The first kappa shape index (κ1) is 59.5. The van der Waals surface area contributed by atoms with Crippen LogP contribution < -0.4 is 76.9 Å². The number of primary amides is 2. The number of nitrogens with zero attached hydrogens (tertiary/aromatic N) is 2. The first-order valence-corrected chi connectivity index (χ1v) is 24.5. The number of aromatic nitrogens is 1. The van der Waals surface area contributed by atoms with Gasteiger partial charge < -0.3 is 81.9 Å². The topological polar surface area (TPSA) is 464 Å². The van der Waals surface area contributed by atoms with Crippen molar-refractivity contribution in [3.63, 3.8) is 0 Å². The van der Waals surface area contributed by atoms with Crippen LogP contribution in [0.2, 0.25) is 0 Å². The fourth-order valence-electron chi connectivity index (χ4n) is 8.03. The van der Waals surface area contributed by atoms with Crippen LogP contribution in [0.15, 0.2) is 76.5 Å². The molecule has 1 aromatic heterocycles. The quantitative estimate of drug-likeness (QED) is 0.0328. The summed E-state index contributed by atoms with van der Waals surface area (Å²) in [4.78, 5) is 148. The molecule has 27 heteroatoms. The lowest BCUT2D eigenvalue weighted by molar-refractivity contribution is -0.135. The highest BCUT2D eigenvalue weighted by molar-refractivity contribution is 6.03. The molecule has 0 saturated carbocycles. The second-order valence-corrected chi connectivity index (χ2v) is 18.0. The number of aryl methyl sites for hydroxylation is 1. The smallest absolute Gasteiger partial charge is 0.268 e. The first-order valence-electron chi connectivity index (χ1n) is 24.5. The number of rotatable bonds is 18. The average Bonchev–Trinajstić information content (AvgIpc) is 3.76. The SMILES string of the molecule is CC(=O)N[C@@H](CCCN=C(N)N)C(=O)N/C1=C\CC(=O)NCCC[C@@H](C(N)=O)NC(=O)[C@H](Cc2c[nH]c3ccccc23)NC(=O)[C@H](CCCN=C(N)N)NC(=O)[C@@H](Cc2ccccc2C)NC(=O)[C@H](CC(N)=O)NC1=O. The molecule has 4 rings (SSSR count). The number of aliphatic imine (C=N–C) groups is 2. The summed E-state index contributed by atoms with van der Waals surface area (Å²) < 4.78 is 0. The Morgan fingerprint density at radius 1 is 0.711 bits per heavy atom. The molecule has 10 amide bonds. The molecule has 21 N–H and O–H groups in total. The van der Waals surface area contributed by atoms with E-state index in [1.54, 1.807) is 43.5 Å². The fraction of sp³-hybridized carbons (Fsp3) is 0.429. The zero-order valence-electron chi connectivity index (χ0n) is 42.4. The van der Waals surface area contributed by atoms with Crippen molar-refractivity contribution in [3.8, 4) is 0 Å². The molecule has 2 heterocycles. The summed E-state index contributed by atoms with van der Waals surface area (Å²) in [6.45, 7) is 2.93. The molecule has 1 aliphatic heterocycles. The van der Waals surface area contributed by atoms with Crippen LogP contribution in [0.25, 0.3) is 10.9 Å². The van der Waals surface area contributed by atoms with E-state index in [-0.39, 0.29) is 82.9 Å². The minimum Gasteiger partial charge on any atom is -0.370 e. The lowest BCUT2D eigenvalue weighted by Gasteiger charge is -2.27. The van der Waals surface area contributed by atoms with Crippen molar-refractivity contribution in [3.05, 3.63) is 83.2 Å². The van der Waals surface area contributed by atoms with Gasteiger partial charge in [-0.3, -0.25) is 57.9 Å². The largest absolute Gasteiger partial charge is 0.370 e. The Balaban J connectivity index is 1.81. The Labute approximate surface area is 437 Å². The van der Waals surface area contributed by atoms with Gasteiger partial charge in [0, 0.05) is 62.9 Å². The molecule has 27 nitrogen and oxygen atoms in total. The van der Waals surface area contributed by atoms with Crippen molar-refractivity contribution >= 4 is 81.9 Å². The van der Waals surface area contributed by atoms with Crippen LogP contribution in [-0.2, 0) is 60.8 Å². The predicted octanol–water partition coefficient (Wildman–Crippen LogP) is -4.04. The van der Waals surface area contributed by atoms with E-state index in [1.807, 2.05) is 18.2 Å². The number of carbonyl (C=O) groups is 10. The Morgan fingerprint density at radius 3 is 1.95 bits per heavy atom. The van der Waals surface area contributed by atoms with Crippen LogP contribution in [-0.4, -0.2) is 132 Å². The number of amides is 10. The lowest BCUT2D eigenvalue weighted by atomic mass is 9.99. The first-order chi connectivity index (χ1) is 36.1. The van der Waals surface area contributed by atoms with Gasteiger partial charge in [0.2, 0.25) is 53.2 Å². The summed E-state index contributed by atoms with van der Waals surface area (Å²) in [7, 11) is 0. The Morgan fingerprint density at radius 2 is 1.30 bits per heavy atom. The Kier molecular flexibility index (Phi) is 23.2. The Bertz CT molecular complexity index is 2690. The summed E-state index contributed by atoms with van der Waals surface area (Å²) in [6.07, 6.45) is 1.13. The molecule has 0 bridgehead atoms. The molecule has 76 heavy (non-hydrogen) atoms. The summed E-state index contributed by atoms with van der Waals surface area (Å²) in [5.41, 5.74) is 35.3. The third-order valence-electron chi connectivity index (χ3n) is 11.9. The number of carbonyl (C=O) groups excluding carboxylic acids is 10. The van der Waals surface area contributed by atoms with E-state index in [2.05, 4.69) is 57.5 Å². The van der Waals surface area contributed by atoms with E-state index in [4.69, 9.17) is 34.4 Å². The number of H-pyrrole nitrogens is 1.